The summed E-state index contributed by atoms with van der Waals surface area (Å²) in [5.41, 5.74) is 0.640. The average molecular weight is 318 g/mol. The van der Waals surface area contributed by atoms with E-state index in [9.17, 15) is 4.79 Å². The molecule has 1 unspecified atom stereocenters. The Morgan fingerprint density at radius 2 is 1.95 bits per heavy atom. The van der Waals surface area contributed by atoms with Gasteiger partial charge >= 0.3 is 6.01 Å². The molecule has 0 aliphatic carbocycles. The first-order valence-corrected chi connectivity index (χ1v) is 7.59. The fourth-order valence-corrected chi connectivity index (χ4v) is 2.62. The lowest BCUT2D eigenvalue weighted by molar-refractivity contribution is 0.0516. The van der Waals surface area contributed by atoms with Crippen LogP contribution in [0, 0.1) is 0 Å². The SMILES string of the molecule is O=C(c1ccc(Cl)cc1)N1CCCC(Oc2ncccn2)C1. The molecule has 0 saturated carbocycles. The summed E-state index contributed by atoms with van der Waals surface area (Å²) in [6.07, 6.45) is 5.00. The van der Waals surface area contributed by atoms with E-state index in [4.69, 9.17) is 16.3 Å². The van der Waals surface area contributed by atoms with Gasteiger partial charge in [0.25, 0.3) is 5.91 Å². The molecule has 1 fully saturated rings. The van der Waals surface area contributed by atoms with Gasteiger partial charge in [0.05, 0.1) is 6.54 Å². The molecule has 1 amide bonds. The van der Waals surface area contributed by atoms with Crippen molar-refractivity contribution in [3.05, 3.63) is 53.3 Å². The highest BCUT2D eigenvalue weighted by molar-refractivity contribution is 6.30. The molecule has 0 spiro atoms. The molecule has 1 saturated heterocycles. The number of amides is 1. The standard InChI is InChI=1S/C16H16ClN3O2/c17-13-6-4-12(5-7-13)15(21)20-10-1-3-14(11-20)22-16-18-8-2-9-19-16/h2,4-9,14H,1,3,10-11H2. The molecule has 1 aromatic carbocycles. The maximum absolute atomic E-state index is 12.5. The van der Waals surface area contributed by atoms with E-state index in [0.717, 1.165) is 19.4 Å². The Bertz CT molecular complexity index is 634. The molecule has 0 radical (unpaired) electrons. The number of likely N-dealkylation sites (tertiary alicyclic amines) is 1. The van der Waals surface area contributed by atoms with Gasteiger partial charge in [0.15, 0.2) is 0 Å². The van der Waals surface area contributed by atoms with Crippen molar-refractivity contribution in [2.24, 2.45) is 0 Å². The Balaban J connectivity index is 1.65. The van der Waals surface area contributed by atoms with E-state index in [1.807, 2.05) is 0 Å². The molecule has 1 atom stereocenters. The molecular weight excluding hydrogens is 302 g/mol. The zero-order chi connectivity index (χ0) is 15.4. The van der Waals surface area contributed by atoms with Crippen LogP contribution in [-0.2, 0) is 0 Å². The van der Waals surface area contributed by atoms with Gasteiger partial charge in [-0.25, -0.2) is 9.97 Å². The number of piperidine rings is 1. The number of halogens is 1. The quantitative estimate of drug-likeness (QED) is 0.873. The van der Waals surface area contributed by atoms with Crippen LogP contribution in [0.5, 0.6) is 6.01 Å². The Hall–Kier alpha value is -2.14. The van der Waals surface area contributed by atoms with Gasteiger partial charge < -0.3 is 9.64 Å². The van der Waals surface area contributed by atoms with Gasteiger partial charge in [0.2, 0.25) is 0 Å². The summed E-state index contributed by atoms with van der Waals surface area (Å²) in [6.45, 7) is 1.27. The third kappa shape index (κ3) is 3.54. The van der Waals surface area contributed by atoms with E-state index in [2.05, 4.69) is 9.97 Å². The monoisotopic (exact) mass is 317 g/mol. The van der Waals surface area contributed by atoms with Crippen LogP contribution in [0.3, 0.4) is 0 Å². The van der Waals surface area contributed by atoms with Crippen molar-refractivity contribution in [2.45, 2.75) is 18.9 Å². The van der Waals surface area contributed by atoms with Gasteiger partial charge in [0.1, 0.15) is 6.10 Å². The van der Waals surface area contributed by atoms with Gasteiger partial charge in [-0.05, 0) is 43.2 Å². The molecule has 5 nitrogen and oxygen atoms in total. The number of carbonyl (C=O) groups excluding carboxylic acids is 1. The average Bonchev–Trinajstić information content (AvgIpc) is 2.56. The van der Waals surface area contributed by atoms with E-state index < -0.39 is 0 Å². The van der Waals surface area contributed by atoms with E-state index in [1.54, 1.807) is 47.6 Å². The fourth-order valence-electron chi connectivity index (χ4n) is 2.49. The summed E-state index contributed by atoms with van der Waals surface area (Å²) >= 11 is 5.86. The summed E-state index contributed by atoms with van der Waals surface area (Å²) < 4.78 is 5.75. The van der Waals surface area contributed by atoms with Crippen molar-refractivity contribution in [3.63, 3.8) is 0 Å². The number of rotatable bonds is 3. The predicted molar refractivity (Wildman–Crippen MR) is 83.0 cm³/mol. The molecule has 0 bridgehead atoms. The van der Waals surface area contributed by atoms with E-state index >= 15 is 0 Å². The molecular formula is C16H16ClN3O2. The first kappa shape index (κ1) is 14.8. The van der Waals surface area contributed by atoms with Crippen LogP contribution in [0.4, 0.5) is 0 Å². The molecule has 1 aromatic heterocycles. The Labute approximate surface area is 133 Å². The van der Waals surface area contributed by atoms with E-state index in [0.29, 0.717) is 23.1 Å². The first-order valence-electron chi connectivity index (χ1n) is 7.21. The number of ether oxygens (including phenoxy) is 1. The minimum Gasteiger partial charge on any atom is -0.458 e. The maximum Gasteiger partial charge on any atom is 0.316 e. The first-order chi connectivity index (χ1) is 10.7. The van der Waals surface area contributed by atoms with Crippen molar-refractivity contribution in [3.8, 4) is 6.01 Å². The number of nitrogens with zero attached hydrogens (tertiary/aromatic N) is 3. The highest BCUT2D eigenvalue weighted by Crippen LogP contribution is 2.18. The van der Waals surface area contributed by atoms with Gasteiger partial charge in [-0.1, -0.05) is 11.6 Å². The zero-order valence-electron chi connectivity index (χ0n) is 12.0. The highest BCUT2D eigenvalue weighted by atomic mass is 35.5. The number of benzene rings is 1. The van der Waals surface area contributed by atoms with Crippen LogP contribution in [0.1, 0.15) is 23.2 Å². The second-order valence-electron chi connectivity index (χ2n) is 5.17. The van der Waals surface area contributed by atoms with Crippen molar-refractivity contribution in [1.29, 1.82) is 0 Å². The molecule has 22 heavy (non-hydrogen) atoms. The van der Waals surface area contributed by atoms with Crippen LogP contribution >= 0.6 is 11.6 Å². The largest absolute Gasteiger partial charge is 0.458 e. The minimum absolute atomic E-state index is 0.000975. The van der Waals surface area contributed by atoms with Crippen LogP contribution < -0.4 is 4.74 Å². The summed E-state index contributed by atoms with van der Waals surface area (Å²) in [6, 6.07) is 9.04. The molecule has 1 aliphatic heterocycles. The topological polar surface area (TPSA) is 55.3 Å². The second-order valence-corrected chi connectivity index (χ2v) is 5.61. The number of aromatic nitrogens is 2. The van der Waals surface area contributed by atoms with Crippen LogP contribution in [0.15, 0.2) is 42.7 Å². The van der Waals surface area contributed by atoms with Crippen molar-refractivity contribution >= 4 is 17.5 Å². The molecule has 3 rings (SSSR count). The summed E-state index contributed by atoms with van der Waals surface area (Å²) in [5, 5.41) is 0.623. The lowest BCUT2D eigenvalue weighted by Gasteiger charge is -2.32. The molecule has 2 heterocycles. The van der Waals surface area contributed by atoms with Crippen molar-refractivity contribution < 1.29 is 9.53 Å². The highest BCUT2D eigenvalue weighted by Gasteiger charge is 2.26. The molecule has 1 aliphatic rings. The van der Waals surface area contributed by atoms with Crippen molar-refractivity contribution in [1.82, 2.24) is 14.9 Å². The van der Waals surface area contributed by atoms with Crippen LogP contribution in [0.25, 0.3) is 0 Å². The Kier molecular flexibility index (Phi) is 4.53. The smallest absolute Gasteiger partial charge is 0.316 e. The number of hydrogen-bond donors (Lipinski definition) is 0. The molecule has 6 heteroatoms. The Morgan fingerprint density at radius 1 is 1.23 bits per heavy atom. The van der Waals surface area contributed by atoms with Gasteiger partial charge in [-0.3, -0.25) is 4.79 Å². The molecule has 0 N–H and O–H groups in total. The lowest BCUT2D eigenvalue weighted by atomic mass is 10.1. The van der Waals surface area contributed by atoms with Crippen LogP contribution in [-0.4, -0.2) is 40.0 Å². The second kappa shape index (κ2) is 6.75. The van der Waals surface area contributed by atoms with Gasteiger partial charge in [0, 0.05) is 29.5 Å². The minimum atomic E-state index is -0.0765. The predicted octanol–water partition coefficient (Wildman–Crippen LogP) is 2.81. The third-order valence-electron chi connectivity index (χ3n) is 3.57. The molecule has 2 aromatic rings. The Morgan fingerprint density at radius 3 is 2.68 bits per heavy atom. The molecule has 114 valence electrons. The lowest BCUT2D eigenvalue weighted by Crippen LogP contribution is -2.44. The van der Waals surface area contributed by atoms with Gasteiger partial charge in [-0.15, -0.1) is 0 Å². The number of hydrogen-bond acceptors (Lipinski definition) is 4. The summed E-state index contributed by atoms with van der Waals surface area (Å²) in [7, 11) is 0. The third-order valence-corrected chi connectivity index (χ3v) is 3.82. The van der Waals surface area contributed by atoms with E-state index in [1.165, 1.54) is 0 Å². The maximum atomic E-state index is 12.5. The normalized spacial score (nSPS) is 18.0. The van der Waals surface area contributed by atoms with Gasteiger partial charge in [-0.2, -0.15) is 0 Å². The zero-order valence-corrected chi connectivity index (χ0v) is 12.7. The fraction of sp³-hybridized carbons (Fsp3) is 0.312. The summed E-state index contributed by atoms with van der Waals surface area (Å²) in [4.78, 5) is 22.4. The number of carbonyl (C=O) groups is 1. The summed E-state index contributed by atoms with van der Waals surface area (Å²) in [5.74, 6) is -0.000975. The van der Waals surface area contributed by atoms with Crippen molar-refractivity contribution in [2.75, 3.05) is 13.1 Å². The van der Waals surface area contributed by atoms with E-state index in [-0.39, 0.29) is 12.0 Å². The van der Waals surface area contributed by atoms with Crippen LogP contribution in [0.2, 0.25) is 5.02 Å².